The molecule has 0 fully saturated rings. The van der Waals surface area contributed by atoms with Crippen LogP contribution in [0.3, 0.4) is 0 Å². The van der Waals surface area contributed by atoms with Gasteiger partial charge in [0.1, 0.15) is 18.5 Å². The molecule has 2 N–H and O–H groups in total. The molecule has 0 amide bonds. The first-order valence-corrected chi connectivity index (χ1v) is 7.44. The molecule has 0 aliphatic carbocycles. The molecule has 1 aromatic heterocycles. The molecule has 0 saturated heterocycles. The average molecular weight is 298 g/mol. The summed E-state index contributed by atoms with van der Waals surface area (Å²) in [5, 5.41) is 13.6. The molecule has 116 valence electrons. The van der Waals surface area contributed by atoms with E-state index in [9.17, 15) is 5.26 Å². The Bertz CT molecular complexity index is 712. The molecule has 22 heavy (non-hydrogen) atoms. The Hall–Kier alpha value is -2.48. The fourth-order valence-corrected chi connectivity index (χ4v) is 2.19. The minimum Gasteiger partial charge on any atom is -0.471 e. The van der Waals surface area contributed by atoms with Gasteiger partial charge in [-0.15, -0.1) is 5.10 Å². The highest BCUT2D eigenvalue weighted by molar-refractivity contribution is 5.55. The molecule has 2 aromatic rings. The van der Waals surface area contributed by atoms with Gasteiger partial charge in [-0.3, -0.25) is 0 Å². The number of benzene rings is 1. The summed E-state index contributed by atoms with van der Waals surface area (Å²) < 4.78 is 7.39. The fraction of sp³-hybridized carbons (Fsp3) is 0.412. The number of nitrogens with zero attached hydrogens (tertiary/aromatic N) is 3. The summed E-state index contributed by atoms with van der Waals surface area (Å²) in [6.07, 6.45) is 0.882. The van der Waals surface area contributed by atoms with Gasteiger partial charge in [0.05, 0.1) is 6.04 Å². The summed E-state index contributed by atoms with van der Waals surface area (Å²) in [7, 11) is 0. The standard InChI is InChI=1S/C17H22N4O/c1-5-13(4)21-16(19)15(9-18)17(20-21)22-10-14-7-6-11(2)12(3)8-14/h6-8,13H,5,10,19H2,1-4H3/t13-/m1/s1. The lowest BCUT2D eigenvalue weighted by atomic mass is 10.1. The molecule has 0 spiro atoms. The largest absolute Gasteiger partial charge is 0.471 e. The zero-order valence-electron chi connectivity index (χ0n) is 13.6. The van der Waals surface area contributed by atoms with Gasteiger partial charge >= 0.3 is 0 Å². The summed E-state index contributed by atoms with van der Waals surface area (Å²) >= 11 is 0. The van der Waals surface area contributed by atoms with Crippen LogP contribution < -0.4 is 10.5 Å². The number of nitrogens with two attached hydrogens (primary N) is 1. The molecule has 0 saturated carbocycles. The predicted octanol–water partition coefficient (Wildman–Crippen LogP) is 3.50. The summed E-state index contributed by atoms with van der Waals surface area (Å²) in [5.74, 6) is 0.672. The Balaban J connectivity index is 2.22. The number of hydrogen-bond donors (Lipinski definition) is 1. The fourth-order valence-electron chi connectivity index (χ4n) is 2.19. The number of nitriles is 1. The first-order chi connectivity index (χ1) is 10.5. The van der Waals surface area contributed by atoms with Crippen molar-refractivity contribution in [3.63, 3.8) is 0 Å². The smallest absolute Gasteiger partial charge is 0.253 e. The van der Waals surface area contributed by atoms with Crippen molar-refractivity contribution in [2.24, 2.45) is 0 Å². The zero-order valence-corrected chi connectivity index (χ0v) is 13.6. The molecular weight excluding hydrogens is 276 g/mol. The third kappa shape index (κ3) is 3.06. The van der Waals surface area contributed by atoms with Gasteiger partial charge in [-0.05, 0) is 43.9 Å². The average Bonchev–Trinajstić information content (AvgIpc) is 2.83. The molecule has 0 bridgehead atoms. The van der Waals surface area contributed by atoms with Crippen molar-refractivity contribution in [2.75, 3.05) is 5.73 Å². The van der Waals surface area contributed by atoms with Crippen molar-refractivity contribution in [3.8, 4) is 11.9 Å². The van der Waals surface area contributed by atoms with E-state index in [1.54, 1.807) is 4.68 Å². The Morgan fingerprint density at radius 1 is 1.36 bits per heavy atom. The van der Waals surface area contributed by atoms with Crippen LogP contribution in [0, 0.1) is 25.2 Å². The molecule has 0 aliphatic heterocycles. The van der Waals surface area contributed by atoms with Crippen molar-refractivity contribution < 1.29 is 4.74 Å². The van der Waals surface area contributed by atoms with Gasteiger partial charge in [0.2, 0.25) is 0 Å². The first kappa shape index (κ1) is 15.9. The van der Waals surface area contributed by atoms with Crippen molar-refractivity contribution in [1.29, 1.82) is 5.26 Å². The molecule has 1 atom stereocenters. The van der Waals surface area contributed by atoms with E-state index in [0.717, 1.165) is 12.0 Å². The van der Waals surface area contributed by atoms with Gasteiger partial charge in [-0.25, -0.2) is 4.68 Å². The van der Waals surface area contributed by atoms with E-state index in [1.807, 2.05) is 19.9 Å². The highest BCUT2D eigenvalue weighted by Gasteiger charge is 2.19. The van der Waals surface area contributed by atoms with Crippen molar-refractivity contribution in [1.82, 2.24) is 9.78 Å². The zero-order chi connectivity index (χ0) is 16.3. The minimum atomic E-state index is 0.131. The second kappa shape index (κ2) is 6.52. The van der Waals surface area contributed by atoms with Gasteiger partial charge < -0.3 is 10.5 Å². The van der Waals surface area contributed by atoms with Crippen molar-refractivity contribution in [2.45, 2.75) is 46.8 Å². The number of anilines is 1. The summed E-state index contributed by atoms with van der Waals surface area (Å²) in [5.41, 5.74) is 9.81. The summed E-state index contributed by atoms with van der Waals surface area (Å²) in [6, 6.07) is 8.38. The number of hydrogen-bond acceptors (Lipinski definition) is 4. The summed E-state index contributed by atoms with van der Waals surface area (Å²) in [6.45, 7) is 8.56. The Morgan fingerprint density at radius 3 is 2.68 bits per heavy atom. The topological polar surface area (TPSA) is 76.9 Å². The number of rotatable bonds is 5. The van der Waals surface area contributed by atoms with E-state index in [1.165, 1.54) is 11.1 Å². The molecular formula is C17H22N4O. The van der Waals surface area contributed by atoms with E-state index in [-0.39, 0.29) is 6.04 Å². The van der Waals surface area contributed by atoms with Crippen molar-refractivity contribution >= 4 is 5.82 Å². The number of aromatic nitrogens is 2. The van der Waals surface area contributed by atoms with E-state index in [2.05, 4.69) is 37.1 Å². The van der Waals surface area contributed by atoms with E-state index < -0.39 is 0 Å². The molecule has 5 heteroatoms. The number of aryl methyl sites for hydroxylation is 2. The number of nitrogen functional groups attached to an aromatic ring is 1. The van der Waals surface area contributed by atoms with Crippen LogP contribution in [-0.4, -0.2) is 9.78 Å². The monoisotopic (exact) mass is 298 g/mol. The van der Waals surface area contributed by atoms with Crippen LogP contribution in [0.1, 0.15) is 48.6 Å². The maximum atomic E-state index is 9.28. The molecule has 1 heterocycles. The molecule has 5 nitrogen and oxygen atoms in total. The van der Waals surface area contributed by atoms with Crippen molar-refractivity contribution in [3.05, 3.63) is 40.5 Å². The first-order valence-electron chi connectivity index (χ1n) is 7.44. The van der Waals surface area contributed by atoms with Gasteiger partial charge in [0.15, 0.2) is 5.56 Å². The van der Waals surface area contributed by atoms with Gasteiger partial charge in [0, 0.05) is 0 Å². The quantitative estimate of drug-likeness (QED) is 0.916. The van der Waals surface area contributed by atoms with Gasteiger partial charge in [0.25, 0.3) is 5.88 Å². The Kier molecular flexibility index (Phi) is 4.71. The van der Waals surface area contributed by atoms with Crippen LogP contribution in [0.4, 0.5) is 5.82 Å². The third-order valence-corrected chi connectivity index (χ3v) is 3.98. The lowest BCUT2D eigenvalue weighted by Gasteiger charge is -2.10. The van der Waals surface area contributed by atoms with Crippen LogP contribution >= 0.6 is 0 Å². The maximum Gasteiger partial charge on any atom is 0.253 e. The van der Waals surface area contributed by atoms with Crippen LogP contribution in [0.2, 0.25) is 0 Å². The lowest BCUT2D eigenvalue weighted by molar-refractivity contribution is 0.286. The SMILES string of the molecule is CC[C@@H](C)n1nc(OCc2ccc(C)c(C)c2)c(C#N)c1N. The van der Waals surface area contributed by atoms with Crippen LogP contribution in [0.15, 0.2) is 18.2 Å². The van der Waals surface area contributed by atoms with Crippen LogP contribution in [-0.2, 0) is 6.61 Å². The van der Waals surface area contributed by atoms with Gasteiger partial charge in [-0.1, -0.05) is 25.1 Å². The highest BCUT2D eigenvalue weighted by Crippen LogP contribution is 2.27. The molecule has 0 unspecified atom stereocenters. The van der Waals surface area contributed by atoms with E-state index in [4.69, 9.17) is 10.5 Å². The second-order valence-corrected chi connectivity index (χ2v) is 5.59. The second-order valence-electron chi connectivity index (χ2n) is 5.59. The summed E-state index contributed by atoms with van der Waals surface area (Å²) in [4.78, 5) is 0. The van der Waals surface area contributed by atoms with Crippen LogP contribution in [0.25, 0.3) is 0 Å². The molecule has 0 radical (unpaired) electrons. The van der Waals surface area contributed by atoms with E-state index >= 15 is 0 Å². The van der Waals surface area contributed by atoms with Gasteiger partial charge in [-0.2, -0.15) is 5.26 Å². The third-order valence-electron chi connectivity index (χ3n) is 3.98. The van der Waals surface area contributed by atoms with E-state index in [0.29, 0.717) is 23.9 Å². The molecule has 0 aliphatic rings. The molecule has 1 aromatic carbocycles. The predicted molar refractivity (Wildman–Crippen MR) is 86.6 cm³/mol. The Morgan fingerprint density at radius 2 is 2.09 bits per heavy atom. The lowest BCUT2D eigenvalue weighted by Crippen LogP contribution is -2.09. The number of ether oxygens (including phenoxy) is 1. The minimum absolute atomic E-state index is 0.131. The van der Waals surface area contributed by atoms with Crippen LogP contribution in [0.5, 0.6) is 5.88 Å². The normalized spacial score (nSPS) is 12.0. The highest BCUT2D eigenvalue weighted by atomic mass is 16.5. The molecule has 2 rings (SSSR count). The maximum absolute atomic E-state index is 9.28. The Labute approximate surface area is 131 Å².